The zero-order valence-corrected chi connectivity index (χ0v) is 12.8. The second-order valence-corrected chi connectivity index (χ2v) is 7.02. The predicted octanol–water partition coefficient (Wildman–Crippen LogP) is 2.96. The van der Waals surface area contributed by atoms with Gasteiger partial charge in [0.2, 0.25) is 0 Å². The molecule has 2 aliphatic heterocycles. The molecule has 3 atom stereocenters. The average Bonchev–Trinajstić information content (AvgIpc) is 2.86. The van der Waals surface area contributed by atoms with E-state index in [2.05, 4.69) is 49.9 Å². The first-order valence-corrected chi connectivity index (χ1v) is 7.74. The molecule has 3 rings (SSSR count). The smallest absolute Gasteiger partial charge is 0.124 e. The molecule has 3 heteroatoms. The van der Waals surface area contributed by atoms with Crippen LogP contribution in [-0.4, -0.2) is 29.6 Å². The number of nitrogens with two attached hydrogens (primary N) is 1. The van der Waals surface area contributed by atoms with Gasteiger partial charge in [-0.3, -0.25) is 4.90 Å². The highest BCUT2D eigenvalue weighted by Crippen LogP contribution is 2.43. The van der Waals surface area contributed by atoms with Crippen LogP contribution in [0.15, 0.2) is 24.3 Å². The lowest BCUT2D eigenvalue weighted by atomic mass is 9.88. The highest BCUT2D eigenvalue weighted by atomic mass is 16.5. The fourth-order valence-electron chi connectivity index (χ4n) is 3.62. The van der Waals surface area contributed by atoms with Crippen molar-refractivity contribution in [1.29, 1.82) is 0 Å². The summed E-state index contributed by atoms with van der Waals surface area (Å²) in [6.07, 6.45) is 2.27. The summed E-state index contributed by atoms with van der Waals surface area (Å²) in [7, 11) is 0. The maximum Gasteiger partial charge on any atom is 0.124 e. The van der Waals surface area contributed by atoms with Gasteiger partial charge in [0, 0.05) is 30.6 Å². The van der Waals surface area contributed by atoms with Crippen LogP contribution in [0.2, 0.25) is 0 Å². The lowest BCUT2D eigenvalue weighted by Crippen LogP contribution is -2.41. The van der Waals surface area contributed by atoms with Crippen LogP contribution in [0.4, 0.5) is 0 Å². The molecule has 0 aliphatic carbocycles. The second-order valence-electron chi connectivity index (χ2n) is 7.02. The Balaban J connectivity index is 1.86. The van der Waals surface area contributed by atoms with E-state index in [-0.39, 0.29) is 5.60 Å². The number of nitrogens with zero attached hydrogens (tertiary/aromatic N) is 1. The molecule has 3 nitrogen and oxygen atoms in total. The zero-order chi connectivity index (χ0) is 14.3. The Hall–Kier alpha value is -1.06. The van der Waals surface area contributed by atoms with Crippen molar-refractivity contribution in [1.82, 2.24) is 4.90 Å². The van der Waals surface area contributed by atoms with Crippen LogP contribution in [0.5, 0.6) is 5.75 Å². The molecule has 0 aromatic heterocycles. The number of hydrogen-bond acceptors (Lipinski definition) is 3. The fraction of sp³-hybridized carbons (Fsp3) is 0.647. The van der Waals surface area contributed by atoms with Gasteiger partial charge in [-0.2, -0.15) is 0 Å². The third-order valence-corrected chi connectivity index (χ3v) is 4.79. The molecule has 0 spiro atoms. The molecular formula is C17H26N2O. The van der Waals surface area contributed by atoms with Crippen molar-refractivity contribution in [3.05, 3.63) is 29.8 Å². The first kappa shape index (κ1) is 13.9. The Labute approximate surface area is 122 Å². The molecule has 2 heterocycles. The SMILES string of the molecule is CC(N)C1CCN(C2CC(C)(C)Oc3ccccc32)C1. The minimum absolute atomic E-state index is 0.0918. The molecule has 1 saturated heterocycles. The quantitative estimate of drug-likeness (QED) is 0.901. The van der Waals surface area contributed by atoms with Crippen LogP contribution in [0, 0.1) is 5.92 Å². The summed E-state index contributed by atoms with van der Waals surface area (Å²) in [5, 5.41) is 0. The van der Waals surface area contributed by atoms with Gasteiger partial charge in [-0.05, 0) is 45.7 Å². The van der Waals surface area contributed by atoms with Gasteiger partial charge in [0.15, 0.2) is 0 Å². The normalized spacial score (nSPS) is 30.6. The van der Waals surface area contributed by atoms with Crippen LogP contribution < -0.4 is 10.5 Å². The van der Waals surface area contributed by atoms with E-state index < -0.39 is 0 Å². The van der Waals surface area contributed by atoms with E-state index in [1.54, 1.807) is 0 Å². The third kappa shape index (κ3) is 2.57. The van der Waals surface area contributed by atoms with Crippen molar-refractivity contribution < 1.29 is 4.74 Å². The number of ether oxygens (including phenoxy) is 1. The van der Waals surface area contributed by atoms with Crippen LogP contribution >= 0.6 is 0 Å². The molecular weight excluding hydrogens is 248 g/mol. The van der Waals surface area contributed by atoms with Crippen molar-refractivity contribution in [3.63, 3.8) is 0 Å². The van der Waals surface area contributed by atoms with Crippen molar-refractivity contribution >= 4 is 0 Å². The van der Waals surface area contributed by atoms with Crippen LogP contribution in [0.3, 0.4) is 0 Å². The van der Waals surface area contributed by atoms with Gasteiger partial charge in [0.25, 0.3) is 0 Å². The van der Waals surface area contributed by atoms with E-state index in [0.29, 0.717) is 18.0 Å². The summed E-state index contributed by atoms with van der Waals surface area (Å²) in [4.78, 5) is 2.61. The zero-order valence-electron chi connectivity index (χ0n) is 12.8. The molecule has 0 bridgehead atoms. The summed E-state index contributed by atoms with van der Waals surface area (Å²) < 4.78 is 6.13. The monoisotopic (exact) mass is 274 g/mol. The standard InChI is InChI=1S/C17H26N2O/c1-12(18)13-8-9-19(11-13)15-10-17(2,3)20-16-7-5-4-6-14(15)16/h4-7,12-13,15H,8-11,18H2,1-3H3. The van der Waals surface area contributed by atoms with Crippen LogP contribution in [-0.2, 0) is 0 Å². The van der Waals surface area contributed by atoms with E-state index in [0.717, 1.165) is 25.3 Å². The molecule has 0 amide bonds. The Kier molecular flexibility index (Phi) is 3.51. The predicted molar refractivity (Wildman–Crippen MR) is 81.8 cm³/mol. The molecule has 1 aromatic carbocycles. The highest BCUT2D eigenvalue weighted by molar-refractivity contribution is 5.38. The van der Waals surface area contributed by atoms with Crippen LogP contribution in [0.1, 0.15) is 45.2 Å². The average molecular weight is 274 g/mol. The Morgan fingerprint density at radius 2 is 2.10 bits per heavy atom. The molecule has 2 aliphatic rings. The molecule has 1 aromatic rings. The minimum Gasteiger partial charge on any atom is -0.487 e. The summed E-state index contributed by atoms with van der Waals surface area (Å²) in [5.41, 5.74) is 7.34. The number of hydrogen-bond donors (Lipinski definition) is 1. The number of benzene rings is 1. The Morgan fingerprint density at radius 1 is 1.35 bits per heavy atom. The Bertz CT molecular complexity index is 484. The fourth-order valence-corrected chi connectivity index (χ4v) is 3.62. The summed E-state index contributed by atoms with van der Waals surface area (Å²) in [5.74, 6) is 1.69. The van der Waals surface area contributed by atoms with Gasteiger partial charge >= 0.3 is 0 Å². The summed E-state index contributed by atoms with van der Waals surface area (Å²) >= 11 is 0. The molecule has 2 N–H and O–H groups in total. The van der Waals surface area contributed by atoms with Crippen molar-refractivity contribution in [2.24, 2.45) is 11.7 Å². The minimum atomic E-state index is -0.0918. The second kappa shape index (κ2) is 5.05. The highest BCUT2D eigenvalue weighted by Gasteiger charge is 2.39. The maximum absolute atomic E-state index is 6.13. The lowest BCUT2D eigenvalue weighted by Gasteiger charge is -2.41. The molecule has 3 unspecified atom stereocenters. The molecule has 1 fully saturated rings. The number of fused-ring (bicyclic) bond motifs is 1. The Morgan fingerprint density at radius 3 is 2.80 bits per heavy atom. The van der Waals surface area contributed by atoms with E-state index >= 15 is 0 Å². The van der Waals surface area contributed by atoms with Gasteiger partial charge in [0.05, 0.1) is 0 Å². The number of likely N-dealkylation sites (tertiary alicyclic amines) is 1. The first-order valence-electron chi connectivity index (χ1n) is 7.74. The van der Waals surface area contributed by atoms with Crippen LogP contribution in [0.25, 0.3) is 0 Å². The number of para-hydroxylation sites is 1. The third-order valence-electron chi connectivity index (χ3n) is 4.79. The van der Waals surface area contributed by atoms with E-state index in [9.17, 15) is 0 Å². The summed E-state index contributed by atoms with van der Waals surface area (Å²) in [6.45, 7) is 8.79. The van der Waals surface area contributed by atoms with Gasteiger partial charge in [-0.25, -0.2) is 0 Å². The lowest BCUT2D eigenvalue weighted by molar-refractivity contribution is 0.0354. The van der Waals surface area contributed by atoms with E-state index in [1.165, 1.54) is 12.0 Å². The molecule has 20 heavy (non-hydrogen) atoms. The van der Waals surface area contributed by atoms with Gasteiger partial charge < -0.3 is 10.5 Å². The van der Waals surface area contributed by atoms with Gasteiger partial charge in [-0.15, -0.1) is 0 Å². The summed E-state index contributed by atoms with van der Waals surface area (Å²) in [6, 6.07) is 9.26. The van der Waals surface area contributed by atoms with Crippen molar-refractivity contribution in [3.8, 4) is 5.75 Å². The van der Waals surface area contributed by atoms with Crippen molar-refractivity contribution in [2.75, 3.05) is 13.1 Å². The first-order chi connectivity index (χ1) is 9.46. The molecule has 0 saturated carbocycles. The van der Waals surface area contributed by atoms with Gasteiger partial charge in [0.1, 0.15) is 11.4 Å². The number of rotatable bonds is 2. The van der Waals surface area contributed by atoms with E-state index in [4.69, 9.17) is 10.5 Å². The maximum atomic E-state index is 6.13. The molecule has 0 radical (unpaired) electrons. The van der Waals surface area contributed by atoms with Gasteiger partial charge in [-0.1, -0.05) is 18.2 Å². The van der Waals surface area contributed by atoms with E-state index in [1.807, 2.05) is 0 Å². The largest absolute Gasteiger partial charge is 0.487 e. The van der Waals surface area contributed by atoms with Crippen molar-refractivity contribution in [2.45, 2.75) is 51.3 Å². The molecule has 110 valence electrons. The topological polar surface area (TPSA) is 38.5 Å².